The van der Waals surface area contributed by atoms with E-state index in [4.69, 9.17) is 9.47 Å². The van der Waals surface area contributed by atoms with Crippen molar-refractivity contribution >= 4 is 0 Å². The second-order valence-electron chi connectivity index (χ2n) is 6.79. The van der Waals surface area contributed by atoms with Gasteiger partial charge in [0, 0.05) is 11.8 Å². The molecule has 13 heteroatoms. The molecule has 1 aromatic heterocycles. The van der Waals surface area contributed by atoms with Crippen molar-refractivity contribution in [1.29, 1.82) is 0 Å². The smallest absolute Gasteiger partial charge is 0.330 e. The van der Waals surface area contributed by atoms with Crippen LogP contribution >= 0.6 is 0 Å². The number of aryl methyl sites for hydroxylation is 1. The second kappa shape index (κ2) is 7.61. The number of aromatic nitrogens is 2. The molecule has 2 saturated heterocycles. The highest BCUT2D eigenvalue weighted by Crippen LogP contribution is 2.44. The van der Waals surface area contributed by atoms with Gasteiger partial charge in [-0.25, -0.2) is 4.79 Å². The highest BCUT2D eigenvalue weighted by atomic mass is 19.3. The first-order valence-electron chi connectivity index (χ1n) is 8.42. The summed E-state index contributed by atoms with van der Waals surface area (Å²) in [4.78, 5) is 30.0. The van der Waals surface area contributed by atoms with E-state index in [1.54, 1.807) is 0 Å². The Labute approximate surface area is 156 Å². The van der Waals surface area contributed by atoms with E-state index < -0.39 is 72.9 Å². The largest absolute Gasteiger partial charge is 0.394 e. The lowest BCUT2D eigenvalue weighted by molar-refractivity contribution is -0.274. The number of rotatable bonds is 5. The van der Waals surface area contributed by atoms with E-state index in [1.807, 2.05) is 4.98 Å². The minimum absolute atomic E-state index is 0.00619. The molecule has 28 heavy (non-hydrogen) atoms. The van der Waals surface area contributed by atoms with E-state index in [2.05, 4.69) is 4.94 Å². The van der Waals surface area contributed by atoms with E-state index in [-0.39, 0.29) is 5.56 Å². The van der Waals surface area contributed by atoms with Crippen LogP contribution in [0.2, 0.25) is 0 Å². The Morgan fingerprint density at radius 3 is 2.39 bits per heavy atom. The van der Waals surface area contributed by atoms with E-state index in [1.165, 1.54) is 6.92 Å². The summed E-state index contributed by atoms with van der Waals surface area (Å²) in [6.07, 6.45) is -10.8. The molecule has 0 bridgehead atoms. The first-order chi connectivity index (χ1) is 13.2. The van der Waals surface area contributed by atoms with Crippen molar-refractivity contribution in [1.82, 2.24) is 9.55 Å². The van der Waals surface area contributed by atoms with Gasteiger partial charge < -0.3 is 35.0 Å². The topological polar surface area (TPSA) is 184 Å². The predicted octanol–water partition coefficient (Wildman–Crippen LogP) is -4.00. The monoisotopic (exact) mass is 408 g/mol. The van der Waals surface area contributed by atoms with E-state index in [0.29, 0.717) is 4.57 Å². The molecule has 158 valence electrons. The molecule has 3 rings (SSSR count). The molecule has 0 amide bonds. The molecule has 0 aromatic carbocycles. The maximum absolute atomic E-state index is 13.3. The van der Waals surface area contributed by atoms with Crippen molar-refractivity contribution in [2.45, 2.75) is 55.4 Å². The molecule has 6 N–H and O–H groups in total. The summed E-state index contributed by atoms with van der Waals surface area (Å²) in [5.74, 6) is 0. The Morgan fingerprint density at radius 2 is 1.86 bits per heavy atom. The van der Waals surface area contributed by atoms with Crippen molar-refractivity contribution in [2.24, 2.45) is 0 Å². The number of nitrogens with zero attached hydrogens (tertiary/aromatic N) is 1. The SMILES string of the molecule is Cc1cn([C@]2([C@@H]3OC(CO)[C@@H](O)[C@H]3OF)O[C@H](CO)[C@@H](O)[C@H]2O)c(=O)[nH]c1=O. The van der Waals surface area contributed by atoms with Crippen LogP contribution in [0.5, 0.6) is 0 Å². The quantitative estimate of drug-likeness (QED) is 0.281. The molecule has 3 heterocycles. The normalized spacial score (nSPS) is 40.9. The Hall–Kier alpha value is -1.71. The van der Waals surface area contributed by atoms with E-state index in [0.717, 1.165) is 6.20 Å². The molecular formula is C15H21FN2O10. The van der Waals surface area contributed by atoms with Crippen molar-refractivity contribution in [2.75, 3.05) is 13.2 Å². The molecular weight excluding hydrogens is 387 g/mol. The molecule has 8 atom stereocenters. The molecule has 0 saturated carbocycles. The van der Waals surface area contributed by atoms with Gasteiger partial charge in [-0.3, -0.25) is 14.3 Å². The van der Waals surface area contributed by atoms with Crippen LogP contribution in [0.15, 0.2) is 15.8 Å². The molecule has 2 fully saturated rings. The lowest BCUT2D eigenvalue weighted by atomic mass is 9.92. The number of H-pyrrole nitrogens is 1. The Morgan fingerprint density at radius 1 is 1.21 bits per heavy atom. The maximum Gasteiger partial charge on any atom is 0.330 e. The minimum atomic E-state index is -2.40. The molecule has 2 aliphatic heterocycles. The van der Waals surface area contributed by atoms with Gasteiger partial charge in [0.25, 0.3) is 5.56 Å². The van der Waals surface area contributed by atoms with Gasteiger partial charge in [-0.15, -0.1) is 0 Å². The van der Waals surface area contributed by atoms with Gasteiger partial charge in [-0.1, -0.05) is 0 Å². The summed E-state index contributed by atoms with van der Waals surface area (Å²) in [6, 6.07) is 0. The predicted molar refractivity (Wildman–Crippen MR) is 85.7 cm³/mol. The molecule has 1 unspecified atom stereocenters. The lowest BCUT2D eigenvalue weighted by Crippen LogP contribution is -2.61. The fourth-order valence-corrected chi connectivity index (χ4v) is 3.69. The molecule has 12 nitrogen and oxygen atoms in total. The molecule has 0 spiro atoms. The summed E-state index contributed by atoms with van der Waals surface area (Å²) in [5, 5.41) is 49.9. The standard InChI is InChI=1S/C15H21FN2O10/c1-5-2-18(14(25)17-13(5)24)15(11(23)9(22)7(4-20)27-15)12-10(28-16)8(21)6(3-19)26-12/h2,6-12,19-23H,3-4H2,1H3,(H,17,24,25)/t6?,7-,8-,9-,10-,11-,12-,15+/m1/s1. The van der Waals surface area contributed by atoms with Crippen molar-refractivity contribution in [3.8, 4) is 0 Å². The summed E-state index contributed by atoms with van der Waals surface area (Å²) in [7, 11) is 0. The van der Waals surface area contributed by atoms with Crippen LogP contribution in [-0.4, -0.2) is 91.0 Å². The van der Waals surface area contributed by atoms with Crippen LogP contribution in [0.25, 0.3) is 0 Å². The van der Waals surface area contributed by atoms with Gasteiger partial charge in [0.15, 0.2) is 6.10 Å². The number of hydrogen-bond donors (Lipinski definition) is 6. The zero-order valence-electron chi connectivity index (χ0n) is 14.6. The third kappa shape index (κ3) is 2.91. The first-order valence-corrected chi connectivity index (χ1v) is 8.42. The Kier molecular flexibility index (Phi) is 5.71. The number of hydrogen-bond acceptors (Lipinski definition) is 10. The van der Waals surface area contributed by atoms with Gasteiger partial charge in [-0.05, 0) is 11.4 Å². The summed E-state index contributed by atoms with van der Waals surface area (Å²) in [6.45, 7) is -0.195. The molecule has 1 aromatic rings. The maximum atomic E-state index is 13.3. The third-order valence-electron chi connectivity index (χ3n) is 5.17. The van der Waals surface area contributed by atoms with Crippen molar-refractivity contribution in [3.05, 3.63) is 32.6 Å². The second-order valence-corrected chi connectivity index (χ2v) is 6.79. The average molecular weight is 408 g/mol. The highest BCUT2D eigenvalue weighted by Gasteiger charge is 2.66. The first kappa shape index (κ1) is 21.0. The van der Waals surface area contributed by atoms with Crippen LogP contribution in [0.1, 0.15) is 5.56 Å². The van der Waals surface area contributed by atoms with Crippen LogP contribution in [0.3, 0.4) is 0 Å². The summed E-state index contributed by atoms with van der Waals surface area (Å²) < 4.78 is 24.9. The number of halogens is 1. The van der Waals surface area contributed by atoms with Crippen LogP contribution < -0.4 is 11.2 Å². The Balaban J connectivity index is 2.24. The van der Waals surface area contributed by atoms with E-state index >= 15 is 0 Å². The Bertz CT molecular complexity index is 830. The number of aromatic amines is 1. The third-order valence-corrected chi connectivity index (χ3v) is 5.17. The number of nitrogens with one attached hydrogen (secondary N) is 1. The van der Waals surface area contributed by atoms with Crippen molar-refractivity contribution < 1.29 is 44.5 Å². The van der Waals surface area contributed by atoms with Gasteiger partial charge in [-0.2, -0.15) is 4.94 Å². The van der Waals surface area contributed by atoms with E-state index in [9.17, 15) is 39.6 Å². The van der Waals surface area contributed by atoms with Gasteiger partial charge in [0.2, 0.25) is 5.72 Å². The lowest BCUT2D eigenvalue weighted by Gasteiger charge is -2.39. The summed E-state index contributed by atoms with van der Waals surface area (Å²) >= 11 is 0. The fraction of sp³-hybridized carbons (Fsp3) is 0.733. The minimum Gasteiger partial charge on any atom is -0.394 e. The number of ether oxygens (including phenoxy) is 2. The zero-order valence-corrected chi connectivity index (χ0v) is 14.6. The highest BCUT2D eigenvalue weighted by molar-refractivity contribution is 5.13. The van der Waals surface area contributed by atoms with Gasteiger partial charge in [0.05, 0.1) is 13.2 Å². The van der Waals surface area contributed by atoms with Gasteiger partial charge >= 0.3 is 5.69 Å². The zero-order chi connectivity index (χ0) is 20.8. The number of aliphatic hydroxyl groups is 5. The van der Waals surface area contributed by atoms with Crippen LogP contribution in [0, 0.1) is 6.92 Å². The number of aliphatic hydroxyl groups excluding tert-OH is 5. The molecule has 0 radical (unpaired) electrons. The van der Waals surface area contributed by atoms with Crippen LogP contribution in [0.4, 0.5) is 4.53 Å². The summed E-state index contributed by atoms with van der Waals surface area (Å²) in [5.41, 5.74) is -4.22. The van der Waals surface area contributed by atoms with Crippen molar-refractivity contribution in [3.63, 3.8) is 0 Å². The van der Waals surface area contributed by atoms with Gasteiger partial charge in [0.1, 0.15) is 36.6 Å². The van der Waals surface area contributed by atoms with Crippen LogP contribution in [-0.2, 0) is 20.1 Å². The molecule has 0 aliphatic carbocycles. The fourth-order valence-electron chi connectivity index (χ4n) is 3.69. The average Bonchev–Trinajstić information content (AvgIpc) is 3.13. The molecule has 2 aliphatic rings.